The molecule has 8 aliphatic rings. The van der Waals surface area contributed by atoms with Crippen LogP contribution in [0.4, 0.5) is 70.5 Å². The van der Waals surface area contributed by atoms with E-state index in [1.165, 1.54) is 155 Å². The SMILES string of the molecule is C[C@H]1C[C@H]2CSC(N)=N[C@@]2(c2cc(NC(=O)c3ccc(OC(F)F)cn3)ccc2F)CO1.C[C@H]1C[C@H]2CSC(N)=N[C@@]2(c2nc(NC(=O)c3ccc(OC(F)F)cn3)ccc2F)CO1.C[C@H]1C[C@H]2CSC(N)=N[C@@]2(c2ncc(NC(=O)c3ccc(OC(F)F)cn3)s2)CO1.NC1=N[C@@]2(c3cc(NC(=O)c4ccc(OC(F)F)cn4)ccc3F)COCC[C@H]2CS1. The van der Waals surface area contributed by atoms with Gasteiger partial charge in [-0.25, -0.2) is 63.0 Å². The number of hydrogen-bond acceptors (Lipinski definition) is 31. The molecule has 0 unspecified atom stereocenters. The van der Waals surface area contributed by atoms with Gasteiger partial charge in [0.2, 0.25) is 0 Å². The summed E-state index contributed by atoms with van der Waals surface area (Å²) in [4.78, 5) is 92.6. The molecule has 6 aromatic heterocycles. The highest BCUT2D eigenvalue weighted by Gasteiger charge is 2.53. The van der Waals surface area contributed by atoms with Gasteiger partial charge >= 0.3 is 26.4 Å². The lowest BCUT2D eigenvalue weighted by Gasteiger charge is -2.45. The molecule has 8 aromatic rings. The van der Waals surface area contributed by atoms with Gasteiger partial charge in [-0.3, -0.25) is 19.2 Å². The third kappa shape index (κ3) is 22.2. The van der Waals surface area contributed by atoms with E-state index in [-0.39, 0.29) is 119 Å². The Balaban J connectivity index is 0.000000143. The fourth-order valence-electron chi connectivity index (χ4n) is 15.0. The Morgan fingerprint density at radius 2 is 0.784 bits per heavy atom. The van der Waals surface area contributed by atoms with Gasteiger partial charge in [-0.1, -0.05) is 58.4 Å². The summed E-state index contributed by atoms with van der Waals surface area (Å²) >= 11 is 7.12. The van der Waals surface area contributed by atoms with Gasteiger partial charge in [0.15, 0.2) is 20.7 Å². The first-order valence-electron chi connectivity index (χ1n) is 38.2. The molecule has 0 spiro atoms. The number of carbonyl (C=O) groups excluding carboxylic acids is 4. The van der Waals surface area contributed by atoms with Crippen LogP contribution in [0.5, 0.6) is 23.0 Å². The van der Waals surface area contributed by atoms with Gasteiger partial charge in [0.1, 0.15) is 107 Å². The second kappa shape index (κ2) is 40.3. The first-order chi connectivity index (χ1) is 59.8. The van der Waals surface area contributed by atoms with Gasteiger partial charge in [-0.2, -0.15) is 35.1 Å². The van der Waals surface area contributed by atoms with E-state index < -0.39 is 89.7 Å². The number of nitrogens with two attached hydrogens (primary N) is 4. The molecule has 0 bridgehead atoms. The number of alkyl halides is 8. The lowest BCUT2D eigenvalue weighted by molar-refractivity contribution is -0.0507. The number of fused-ring (bicyclic) bond motifs is 4. The summed E-state index contributed by atoms with van der Waals surface area (Å²) in [6, 6.07) is 20.8. The van der Waals surface area contributed by atoms with Crippen molar-refractivity contribution in [1.29, 1.82) is 0 Å². The second-order valence-corrected chi connectivity index (χ2v) is 34.4. The number of amides is 4. The molecule has 16 rings (SSSR count). The Kier molecular flexibility index (Phi) is 29.6. The number of benzene rings is 2. The monoisotopic (exact) mass is 1840 g/mol. The minimum atomic E-state index is -3.00. The van der Waals surface area contributed by atoms with Gasteiger partial charge < -0.3 is 82.1 Å². The molecule has 4 amide bonds. The summed E-state index contributed by atoms with van der Waals surface area (Å²) in [7, 11) is 0. The number of aromatic nitrogens is 6. The van der Waals surface area contributed by atoms with Crippen molar-refractivity contribution in [1.82, 2.24) is 29.9 Å². The van der Waals surface area contributed by atoms with Gasteiger partial charge in [0.05, 0.1) is 75.7 Å². The number of anilines is 4. The van der Waals surface area contributed by atoms with E-state index in [1.807, 2.05) is 20.8 Å². The Bertz CT molecular complexity index is 5160. The van der Waals surface area contributed by atoms with Crippen molar-refractivity contribution in [3.63, 3.8) is 0 Å². The van der Waals surface area contributed by atoms with Crippen molar-refractivity contribution in [2.75, 3.05) is 77.3 Å². The Morgan fingerprint density at radius 3 is 1.21 bits per heavy atom. The van der Waals surface area contributed by atoms with Crippen molar-refractivity contribution < 1.29 is 105 Å². The molecule has 11 atom stereocenters. The van der Waals surface area contributed by atoms with Crippen LogP contribution in [0, 0.1) is 41.1 Å². The highest BCUT2D eigenvalue weighted by atomic mass is 32.2. The quantitative estimate of drug-likeness (QED) is 0.0329. The molecule has 4 fully saturated rings. The minimum absolute atomic E-state index is 0.00251. The van der Waals surface area contributed by atoms with Crippen LogP contribution in [0.2, 0.25) is 0 Å². The minimum Gasteiger partial charge on any atom is -0.433 e. The maximum Gasteiger partial charge on any atom is 0.387 e. The Morgan fingerprint density at radius 1 is 0.424 bits per heavy atom. The van der Waals surface area contributed by atoms with Crippen LogP contribution in [-0.2, 0) is 41.1 Å². The topological polar surface area (TPSA) is 421 Å². The van der Waals surface area contributed by atoms with Crippen molar-refractivity contribution >= 4 is 125 Å². The molecule has 46 heteroatoms. The average molecular weight is 1840 g/mol. The smallest absolute Gasteiger partial charge is 0.387 e. The summed E-state index contributed by atoms with van der Waals surface area (Å²) in [5.41, 5.74) is 21.5. The Hall–Kier alpha value is -10.8. The summed E-state index contributed by atoms with van der Waals surface area (Å²) in [6.07, 6.45) is 8.79. The highest BCUT2D eigenvalue weighted by molar-refractivity contribution is 8.14. The zero-order chi connectivity index (χ0) is 89.1. The lowest BCUT2D eigenvalue weighted by atomic mass is 9.75. The maximum atomic E-state index is 15.0. The maximum absolute atomic E-state index is 15.0. The fraction of sp³-hybridized carbons (Fsp3) is 0.392. The molecule has 2 aromatic carbocycles. The summed E-state index contributed by atoms with van der Waals surface area (Å²) < 4.78 is 183. The standard InChI is InChI=1S/C21H21F3N4O3S.C20H20F3N5O3S.C20H19F3N4O3S.C18H19F2N5O3S2/c1-11-6-12-9-32-20(25)28-21(12,10-30-11)15-7-13(2-4-16(15)22)27-18(29)17-5-3-14(8-26-17)31-19(23)24;1-10-6-11-8-32-19(24)28-20(11,9-30-10)16-13(21)3-5-15(26-16)27-17(29)14-4-2-12(7-25-14)31-18(22)23;21-15-3-1-12(26-17(28)16-4-2-13(8-25-16)30-18(22)23)7-14(15)20-10-29-6-5-11(20)9-31-19(24)27-20;1-9-4-10-7-29-17(21)25-18(10,8-27-9)15-23-6-13(30-15)24-14(26)12-3-2-11(5-22-12)28-16(19)20/h2-5,7-8,11-12,19H,6,9-10H2,1H3,(H2,25,28)(H,27,29);2-5,7,10-11,18H,6,8-9H2,1H3,(H2,24,28)(H,26,27,29);1-4,7-8,11,18H,5-6,9-10H2,(H2,24,27)(H,26,28);2-3,5-6,9-10,16H,4,7-8H2,1H3,(H2,21,25)(H,24,26)/t11-,12-,21-;10-,11-,20-;11-,20-;9-,10-,18-/m0000/s1. The molecule has 0 aliphatic carbocycles. The molecule has 30 nitrogen and oxygen atoms in total. The molecular weight excluding hydrogens is 1760 g/mol. The Labute approximate surface area is 726 Å². The van der Waals surface area contributed by atoms with Crippen LogP contribution in [0.15, 0.2) is 148 Å². The molecule has 125 heavy (non-hydrogen) atoms. The molecule has 664 valence electrons. The van der Waals surface area contributed by atoms with E-state index in [2.05, 4.69) is 85.1 Å². The summed E-state index contributed by atoms with van der Waals surface area (Å²) in [5, 5.41) is 13.4. The van der Waals surface area contributed by atoms with Crippen LogP contribution in [0.1, 0.15) is 110 Å². The number of aliphatic imine (C=N–C) groups is 4. The highest BCUT2D eigenvalue weighted by Crippen LogP contribution is 2.52. The predicted molar refractivity (Wildman–Crippen MR) is 447 cm³/mol. The molecule has 4 saturated heterocycles. The zero-order valence-electron chi connectivity index (χ0n) is 66.0. The van der Waals surface area contributed by atoms with Crippen LogP contribution >= 0.6 is 58.4 Å². The number of nitrogens with one attached hydrogen (secondary N) is 4. The number of carbonyl (C=O) groups is 4. The van der Waals surface area contributed by atoms with Crippen LogP contribution in [0.25, 0.3) is 0 Å². The van der Waals surface area contributed by atoms with Gasteiger partial charge in [-0.05, 0) is 144 Å². The molecule has 14 heterocycles. The number of thiazole rings is 1. The van der Waals surface area contributed by atoms with Crippen LogP contribution in [0.3, 0.4) is 0 Å². The van der Waals surface area contributed by atoms with E-state index in [9.17, 15) is 67.5 Å². The molecular formula is C79H79F11N18O12S5. The third-order valence-corrected chi connectivity index (χ3v) is 25.9. The number of hydrogen-bond donors (Lipinski definition) is 8. The fourth-order valence-corrected chi connectivity index (χ4v) is 20.1. The van der Waals surface area contributed by atoms with Crippen LogP contribution in [-0.4, -0.2) is 175 Å². The number of nitrogens with zero attached hydrogens (tertiary/aromatic N) is 10. The normalized spacial score (nSPS) is 24.8. The number of ether oxygens (including phenoxy) is 8. The number of thioether (sulfide) groups is 4. The van der Waals surface area contributed by atoms with Crippen molar-refractivity contribution in [3.8, 4) is 23.0 Å². The van der Waals surface area contributed by atoms with Crippen molar-refractivity contribution in [3.05, 3.63) is 190 Å². The summed E-state index contributed by atoms with van der Waals surface area (Å²) in [5.74, 6) is -1.24. The predicted octanol–water partition coefficient (Wildman–Crippen LogP) is 13.3. The molecule has 0 saturated carbocycles. The molecule has 0 radical (unpaired) electrons. The van der Waals surface area contributed by atoms with Gasteiger partial charge in [0.25, 0.3) is 23.6 Å². The lowest BCUT2D eigenvalue weighted by Crippen LogP contribution is -2.50. The largest absolute Gasteiger partial charge is 0.433 e. The summed E-state index contributed by atoms with van der Waals surface area (Å²) in [6.45, 7) is -4.53. The van der Waals surface area contributed by atoms with E-state index in [0.29, 0.717) is 91.5 Å². The number of amidine groups is 4. The van der Waals surface area contributed by atoms with Gasteiger partial charge in [-0.15, -0.1) is 0 Å². The first kappa shape index (κ1) is 91.9. The third-order valence-electron chi connectivity index (χ3n) is 21.0. The van der Waals surface area contributed by atoms with Gasteiger partial charge in [0, 0.05) is 75.8 Å². The average Bonchev–Trinajstić information content (AvgIpc) is 1.43. The van der Waals surface area contributed by atoms with Crippen molar-refractivity contribution in [2.45, 2.75) is 113 Å². The zero-order valence-corrected chi connectivity index (χ0v) is 70.1. The van der Waals surface area contributed by atoms with E-state index in [4.69, 9.17) is 46.9 Å². The number of halogens is 11. The van der Waals surface area contributed by atoms with E-state index in [0.717, 1.165) is 48.4 Å². The van der Waals surface area contributed by atoms with E-state index in [1.54, 1.807) is 6.20 Å². The van der Waals surface area contributed by atoms with Crippen LogP contribution < -0.4 is 63.1 Å². The molecule has 8 aliphatic heterocycles. The second-order valence-electron chi connectivity index (χ2n) is 29.2. The first-order valence-corrected chi connectivity index (χ1v) is 43.0. The molecule has 12 N–H and O–H groups in total. The van der Waals surface area contributed by atoms with E-state index >= 15 is 0 Å². The number of pyridine rings is 5. The number of rotatable bonds is 20. The van der Waals surface area contributed by atoms with Crippen molar-refractivity contribution in [2.24, 2.45) is 66.6 Å².